The number of nitrogens with one attached hydrogen (secondary N) is 2. The predicted octanol–water partition coefficient (Wildman–Crippen LogP) is 0.376. The smallest absolute Gasteiger partial charge is 0.267 e. The average Bonchev–Trinajstić information content (AvgIpc) is 2.76. The van der Waals surface area contributed by atoms with Gasteiger partial charge in [0.05, 0.1) is 5.01 Å². The van der Waals surface area contributed by atoms with E-state index in [0.29, 0.717) is 31.5 Å². The summed E-state index contributed by atoms with van der Waals surface area (Å²) in [5.74, 6) is -0.368. The maximum absolute atomic E-state index is 11.7. The molecule has 2 rings (SSSR count). The van der Waals surface area contributed by atoms with Crippen molar-refractivity contribution >= 4 is 28.9 Å². The highest BCUT2D eigenvalue weighted by Gasteiger charge is 2.17. The van der Waals surface area contributed by atoms with Gasteiger partial charge in [0.15, 0.2) is 0 Å². The standard InChI is InChI=1S/C11H14N4O2S/c1-7-6-13-10(18-7)4-5-12-11(17)8-2-3-9(16)15-14-8/h6H,2-5H2,1H3,(H,12,17)(H,15,16). The van der Waals surface area contributed by atoms with Crippen molar-refractivity contribution in [1.29, 1.82) is 0 Å². The first kappa shape index (κ1) is 12.7. The summed E-state index contributed by atoms with van der Waals surface area (Å²) in [4.78, 5) is 27.9. The van der Waals surface area contributed by atoms with Gasteiger partial charge in [-0.05, 0) is 6.92 Å². The third kappa shape index (κ3) is 3.36. The van der Waals surface area contributed by atoms with Crippen molar-refractivity contribution in [2.45, 2.75) is 26.2 Å². The van der Waals surface area contributed by atoms with Gasteiger partial charge in [0, 0.05) is 36.9 Å². The summed E-state index contributed by atoms with van der Waals surface area (Å²) in [5, 5.41) is 7.51. The van der Waals surface area contributed by atoms with Crippen molar-refractivity contribution in [3.63, 3.8) is 0 Å². The molecular formula is C11H14N4O2S. The molecule has 0 aromatic carbocycles. The minimum absolute atomic E-state index is 0.148. The number of rotatable bonds is 4. The molecule has 0 radical (unpaired) electrons. The molecule has 1 aromatic heterocycles. The Morgan fingerprint density at radius 2 is 2.39 bits per heavy atom. The molecule has 1 aromatic rings. The van der Waals surface area contributed by atoms with E-state index in [0.717, 1.165) is 9.88 Å². The molecule has 6 nitrogen and oxygen atoms in total. The number of carbonyl (C=O) groups is 2. The Balaban J connectivity index is 1.77. The number of thiazole rings is 1. The molecule has 0 saturated carbocycles. The number of carbonyl (C=O) groups excluding carboxylic acids is 2. The van der Waals surface area contributed by atoms with Crippen molar-refractivity contribution in [2.75, 3.05) is 6.54 Å². The highest BCUT2D eigenvalue weighted by Crippen LogP contribution is 2.10. The van der Waals surface area contributed by atoms with Crippen LogP contribution in [0.4, 0.5) is 0 Å². The van der Waals surface area contributed by atoms with E-state index >= 15 is 0 Å². The third-order valence-electron chi connectivity index (χ3n) is 2.46. The summed E-state index contributed by atoms with van der Waals surface area (Å²) in [5.41, 5.74) is 2.68. The quantitative estimate of drug-likeness (QED) is 0.826. The Labute approximate surface area is 108 Å². The summed E-state index contributed by atoms with van der Waals surface area (Å²) in [6, 6.07) is 0. The van der Waals surface area contributed by atoms with Crippen LogP contribution in [0.5, 0.6) is 0 Å². The third-order valence-corrected chi connectivity index (χ3v) is 3.43. The normalized spacial score (nSPS) is 14.9. The molecule has 1 aliphatic rings. The van der Waals surface area contributed by atoms with Crippen molar-refractivity contribution in [3.8, 4) is 0 Å². The molecular weight excluding hydrogens is 252 g/mol. The first-order valence-electron chi connectivity index (χ1n) is 5.70. The molecule has 0 saturated heterocycles. The fraction of sp³-hybridized carbons (Fsp3) is 0.455. The number of hydrogen-bond acceptors (Lipinski definition) is 5. The van der Waals surface area contributed by atoms with Crippen molar-refractivity contribution in [3.05, 3.63) is 16.1 Å². The minimum atomic E-state index is -0.219. The number of amides is 2. The van der Waals surface area contributed by atoms with Crippen LogP contribution in [-0.2, 0) is 16.0 Å². The number of nitrogens with zero attached hydrogens (tertiary/aromatic N) is 2. The van der Waals surface area contributed by atoms with Gasteiger partial charge in [-0.15, -0.1) is 11.3 Å². The number of aromatic nitrogens is 1. The van der Waals surface area contributed by atoms with E-state index in [4.69, 9.17) is 0 Å². The first-order chi connectivity index (χ1) is 8.65. The zero-order valence-corrected chi connectivity index (χ0v) is 10.8. The number of hydrogen-bond donors (Lipinski definition) is 2. The molecule has 0 bridgehead atoms. The van der Waals surface area contributed by atoms with Gasteiger partial charge in [0.2, 0.25) is 5.91 Å². The fourth-order valence-electron chi connectivity index (χ4n) is 1.54. The van der Waals surface area contributed by atoms with Crippen LogP contribution in [0.2, 0.25) is 0 Å². The second-order valence-electron chi connectivity index (χ2n) is 3.96. The summed E-state index contributed by atoms with van der Waals surface area (Å²) in [6.45, 7) is 2.53. The van der Waals surface area contributed by atoms with Crippen LogP contribution < -0.4 is 10.7 Å². The first-order valence-corrected chi connectivity index (χ1v) is 6.51. The number of aryl methyl sites for hydroxylation is 1. The Hall–Kier alpha value is -1.76. The second kappa shape index (κ2) is 5.72. The number of hydrazone groups is 1. The topological polar surface area (TPSA) is 83.4 Å². The summed E-state index contributed by atoms with van der Waals surface area (Å²) in [6.07, 6.45) is 3.25. The van der Waals surface area contributed by atoms with Crippen LogP contribution in [0.3, 0.4) is 0 Å². The minimum Gasteiger partial charge on any atom is -0.351 e. The van der Waals surface area contributed by atoms with E-state index in [-0.39, 0.29) is 11.8 Å². The second-order valence-corrected chi connectivity index (χ2v) is 5.28. The van der Waals surface area contributed by atoms with E-state index in [1.807, 2.05) is 13.1 Å². The van der Waals surface area contributed by atoms with Crippen LogP contribution in [0.15, 0.2) is 11.3 Å². The zero-order chi connectivity index (χ0) is 13.0. The summed E-state index contributed by atoms with van der Waals surface area (Å²) < 4.78 is 0. The van der Waals surface area contributed by atoms with E-state index in [1.165, 1.54) is 0 Å². The molecule has 18 heavy (non-hydrogen) atoms. The fourth-order valence-corrected chi connectivity index (χ4v) is 2.33. The Morgan fingerprint density at radius 3 is 3.00 bits per heavy atom. The lowest BCUT2D eigenvalue weighted by Gasteiger charge is -2.11. The molecule has 0 atom stereocenters. The van der Waals surface area contributed by atoms with Crippen LogP contribution >= 0.6 is 11.3 Å². The van der Waals surface area contributed by atoms with Crippen molar-refractivity contribution in [2.24, 2.45) is 5.10 Å². The predicted molar refractivity (Wildman–Crippen MR) is 68.4 cm³/mol. The van der Waals surface area contributed by atoms with Crippen molar-refractivity contribution < 1.29 is 9.59 Å². The van der Waals surface area contributed by atoms with Gasteiger partial charge in [-0.3, -0.25) is 9.59 Å². The lowest BCUT2D eigenvalue weighted by molar-refractivity contribution is -0.121. The molecule has 96 valence electrons. The lowest BCUT2D eigenvalue weighted by atomic mass is 10.1. The van der Waals surface area contributed by atoms with Crippen molar-refractivity contribution in [1.82, 2.24) is 15.7 Å². The maximum Gasteiger partial charge on any atom is 0.267 e. The highest BCUT2D eigenvalue weighted by molar-refractivity contribution is 7.11. The summed E-state index contributed by atoms with van der Waals surface area (Å²) >= 11 is 1.63. The molecule has 0 aliphatic carbocycles. The van der Waals surface area contributed by atoms with Gasteiger partial charge in [-0.2, -0.15) is 5.10 Å². The zero-order valence-electron chi connectivity index (χ0n) is 10.0. The van der Waals surface area contributed by atoms with Gasteiger partial charge in [-0.25, -0.2) is 10.4 Å². The summed E-state index contributed by atoms with van der Waals surface area (Å²) in [7, 11) is 0. The average molecular weight is 266 g/mol. The molecule has 0 fully saturated rings. The molecule has 1 aliphatic heterocycles. The van der Waals surface area contributed by atoms with E-state index in [1.54, 1.807) is 11.3 Å². The van der Waals surface area contributed by atoms with Gasteiger partial charge < -0.3 is 5.32 Å². The molecule has 2 N–H and O–H groups in total. The van der Waals surface area contributed by atoms with Gasteiger partial charge in [0.25, 0.3) is 5.91 Å². The van der Waals surface area contributed by atoms with Crippen LogP contribution in [0, 0.1) is 6.92 Å². The van der Waals surface area contributed by atoms with Gasteiger partial charge in [-0.1, -0.05) is 0 Å². The Morgan fingerprint density at radius 1 is 1.56 bits per heavy atom. The Kier molecular flexibility index (Phi) is 4.03. The van der Waals surface area contributed by atoms with E-state index < -0.39 is 0 Å². The Bertz CT molecular complexity index is 495. The molecule has 0 spiro atoms. The van der Waals surface area contributed by atoms with Crippen LogP contribution in [0.25, 0.3) is 0 Å². The molecule has 2 amide bonds. The van der Waals surface area contributed by atoms with E-state index in [9.17, 15) is 9.59 Å². The highest BCUT2D eigenvalue weighted by atomic mass is 32.1. The maximum atomic E-state index is 11.7. The molecule has 7 heteroatoms. The largest absolute Gasteiger partial charge is 0.351 e. The lowest BCUT2D eigenvalue weighted by Crippen LogP contribution is -2.37. The van der Waals surface area contributed by atoms with Gasteiger partial charge in [0.1, 0.15) is 5.71 Å². The molecule has 2 heterocycles. The SMILES string of the molecule is Cc1cnc(CCNC(=O)C2=NNC(=O)CC2)s1. The van der Waals surface area contributed by atoms with E-state index in [2.05, 4.69) is 20.8 Å². The van der Waals surface area contributed by atoms with Crippen LogP contribution in [0.1, 0.15) is 22.7 Å². The van der Waals surface area contributed by atoms with Gasteiger partial charge >= 0.3 is 0 Å². The van der Waals surface area contributed by atoms with Crippen LogP contribution in [-0.4, -0.2) is 29.1 Å². The monoisotopic (exact) mass is 266 g/mol. The molecule has 0 unspecified atom stereocenters.